The molecule has 42 heavy (non-hydrogen) atoms. The van der Waals surface area contributed by atoms with Gasteiger partial charge in [-0.05, 0) is 17.7 Å². The van der Waals surface area contributed by atoms with E-state index >= 15 is 0 Å². The summed E-state index contributed by atoms with van der Waals surface area (Å²) in [5.41, 5.74) is -0.904. The van der Waals surface area contributed by atoms with Crippen LogP contribution in [0.5, 0.6) is 28.7 Å². The minimum atomic E-state index is -5.55. The first-order chi connectivity index (χ1) is 18.4. The summed E-state index contributed by atoms with van der Waals surface area (Å²) >= 11 is 0. The molecule has 2 aromatic rings. The van der Waals surface area contributed by atoms with Gasteiger partial charge < -0.3 is 26.0 Å². The molecule has 0 fully saturated rings. The van der Waals surface area contributed by atoms with Crippen LogP contribution in [0, 0.1) is 0 Å². The second-order valence-corrected chi connectivity index (χ2v) is 12.5. The van der Waals surface area contributed by atoms with Gasteiger partial charge in [0.05, 0.1) is 0 Å². The summed E-state index contributed by atoms with van der Waals surface area (Å²) in [7, 11) is -26.9. The Morgan fingerprint density at radius 2 is 1.24 bits per heavy atom. The number of ether oxygens (including phenoxy) is 1. The molecule has 0 spiro atoms. The molecule has 0 saturated carbocycles. The molecule has 230 valence electrons. The molecule has 2 aromatic carbocycles. The summed E-state index contributed by atoms with van der Waals surface area (Å²) in [6.07, 6.45) is -4.62. The second kappa shape index (κ2) is 12.9. The molecule has 1 heterocycles. The smallest absolute Gasteiger partial charge is 0.716 e. The maximum absolute atomic E-state index is 11.5. The fourth-order valence-electron chi connectivity index (χ4n) is 3.36. The summed E-state index contributed by atoms with van der Waals surface area (Å²) in [4.78, 5) is 0. The summed E-state index contributed by atoms with van der Waals surface area (Å²) in [5.74, 6) is -4.73. The van der Waals surface area contributed by atoms with Gasteiger partial charge in [0.25, 0.3) is 10.4 Å². The minimum Gasteiger partial charge on any atom is -0.716 e. The molecule has 4 N–H and O–H groups in total. The van der Waals surface area contributed by atoms with E-state index in [9.17, 15) is 51.2 Å². The van der Waals surface area contributed by atoms with E-state index in [0.717, 1.165) is 6.07 Å². The molecule has 0 bridgehead atoms. The van der Waals surface area contributed by atoms with Gasteiger partial charge in [-0.2, -0.15) is 33.7 Å². The van der Waals surface area contributed by atoms with E-state index in [-0.39, 0.29) is 51.4 Å². The van der Waals surface area contributed by atoms with Crippen LogP contribution in [0.25, 0.3) is 0 Å². The first-order valence-corrected chi connectivity index (χ1v) is 16.5. The quantitative estimate of drug-likeness (QED) is 0.0971. The Bertz CT molecular complexity index is 1900. The Morgan fingerprint density at radius 3 is 1.74 bits per heavy atom. The zero-order valence-electron chi connectivity index (χ0n) is 20.0. The van der Waals surface area contributed by atoms with Crippen LogP contribution in [0.3, 0.4) is 0 Å². The molecule has 3 rings (SSSR count). The van der Waals surface area contributed by atoms with Crippen LogP contribution in [0.4, 0.5) is 0 Å². The normalized spacial score (nSPS) is 17.6. The van der Waals surface area contributed by atoms with Crippen molar-refractivity contribution in [2.75, 3.05) is 0 Å². The van der Waals surface area contributed by atoms with Gasteiger partial charge in [-0.15, -0.1) is 0 Å². The van der Waals surface area contributed by atoms with Crippen molar-refractivity contribution in [2.24, 2.45) is 0 Å². The van der Waals surface area contributed by atoms with Gasteiger partial charge in [0.15, 0.2) is 29.1 Å². The average molecular weight is 729 g/mol. The van der Waals surface area contributed by atoms with Gasteiger partial charge >= 0.3 is 93.0 Å². The molecule has 1 aliphatic heterocycles. The Balaban J connectivity index is 0.00000616. The standard InChI is InChI=1S/C15H14O21S5.K/c16-37(17,18)32-8-4-11-9(12(5-8)34-39(22,23)24)6-14(36-41(28,29)30)15(31-11)7-1-2-10(33-38(19,20)21)13(3-7)35-40(25,26)27;/h1-5,14-15H,6H2,(H,16,17,18)(H,19,20,21)(H,22,23,24)(H,25,26,27)(H,28,29,30);/q;+1/p-1/t14-,15+;/m0./s1. The van der Waals surface area contributed by atoms with Crippen LogP contribution in [0.1, 0.15) is 17.2 Å². The molecule has 21 nitrogen and oxygen atoms in total. The van der Waals surface area contributed by atoms with Gasteiger partial charge in [-0.25, -0.2) is 12.6 Å². The zero-order valence-corrected chi connectivity index (χ0v) is 27.2. The van der Waals surface area contributed by atoms with Gasteiger partial charge in [-0.1, -0.05) is 6.07 Å². The number of benzene rings is 2. The van der Waals surface area contributed by atoms with Gasteiger partial charge in [-0.3, -0.25) is 18.2 Å². The van der Waals surface area contributed by atoms with E-state index in [1.54, 1.807) is 0 Å². The Labute approximate surface area is 279 Å². The number of rotatable bonds is 11. The van der Waals surface area contributed by atoms with Crippen LogP contribution in [0.15, 0.2) is 30.3 Å². The van der Waals surface area contributed by atoms with Crippen molar-refractivity contribution in [3.05, 3.63) is 41.5 Å². The van der Waals surface area contributed by atoms with Crippen molar-refractivity contribution < 1.29 is 142 Å². The molecular formula is C15H13KO21S5. The molecule has 27 heteroatoms. The number of hydrogen-bond acceptors (Lipinski definition) is 17. The van der Waals surface area contributed by atoms with Crippen molar-refractivity contribution in [1.29, 1.82) is 0 Å². The van der Waals surface area contributed by atoms with E-state index in [1.807, 2.05) is 0 Å². The number of hydrogen-bond donors (Lipinski definition) is 4. The third-order valence-electron chi connectivity index (χ3n) is 4.46. The Kier molecular flexibility index (Phi) is 11.3. The molecule has 0 amide bonds. The summed E-state index contributed by atoms with van der Waals surface area (Å²) in [6.45, 7) is 0. The van der Waals surface area contributed by atoms with E-state index < -0.39 is 110 Å². The molecule has 0 aliphatic carbocycles. The van der Waals surface area contributed by atoms with Crippen LogP contribution < -0.4 is 72.9 Å². The van der Waals surface area contributed by atoms with Crippen LogP contribution in [-0.4, -0.2) is 71.0 Å². The average Bonchev–Trinajstić information content (AvgIpc) is 2.69. The van der Waals surface area contributed by atoms with Gasteiger partial charge in [0.2, 0.25) is 0 Å². The van der Waals surface area contributed by atoms with Gasteiger partial charge in [0.1, 0.15) is 11.9 Å². The second-order valence-electron chi connectivity index (χ2n) is 7.43. The van der Waals surface area contributed by atoms with Crippen LogP contribution >= 0.6 is 0 Å². The first kappa shape index (κ1) is 36.8. The first-order valence-electron chi connectivity index (χ1n) is 9.67. The van der Waals surface area contributed by atoms with E-state index in [2.05, 4.69) is 20.9 Å². The molecule has 1 aliphatic rings. The summed E-state index contributed by atoms with van der Waals surface area (Å²) in [6, 6.07) is 3.13. The zero-order chi connectivity index (χ0) is 31.2. The maximum atomic E-state index is 11.5. The molecular weight excluding hydrogens is 716 g/mol. The monoisotopic (exact) mass is 728 g/mol. The third kappa shape index (κ3) is 11.6. The summed E-state index contributed by atoms with van der Waals surface area (Å²) < 4.78 is 186. The third-order valence-corrected chi connectivity index (χ3v) is 6.52. The van der Waals surface area contributed by atoms with E-state index in [4.69, 9.17) is 18.4 Å². The summed E-state index contributed by atoms with van der Waals surface area (Å²) in [5, 5.41) is 0. The Hall–Kier alpha value is -1.41. The molecule has 2 atom stereocenters. The van der Waals surface area contributed by atoms with Crippen molar-refractivity contribution >= 4 is 52.0 Å². The van der Waals surface area contributed by atoms with Crippen LogP contribution in [0.2, 0.25) is 0 Å². The van der Waals surface area contributed by atoms with Crippen molar-refractivity contribution in [1.82, 2.24) is 0 Å². The molecule has 0 aromatic heterocycles. The van der Waals surface area contributed by atoms with E-state index in [1.165, 1.54) is 0 Å². The fourth-order valence-corrected chi connectivity index (χ4v) is 5.27. The largest absolute Gasteiger partial charge is 1.00 e. The molecule has 0 radical (unpaired) electrons. The van der Waals surface area contributed by atoms with Crippen molar-refractivity contribution in [2.45, 2.75) is 18.6 Å². The molecule has 0 saturated heterocycles. The maximum Gasteiger partial charge on any atom is 1.00 e. The molecule has 0 unspecified atom stereocenters. The topological polar surface area (TPSA) is 330 Å². The van der Waals surface area contributed by atoms with Gasteiger partial charge in [0, 0.05) is 24.1 Å². The predicted molar refractivity (Wildman–Crippen MR) is 123 cm³/mol. The fraction of sp³-hybridized carbons (Fsp3) is 0.200. The predicted octanol–water partition coefficient (Wildman–Crippen LogP) is -4.06. The van der Waals surface area contributed by atoms with Crippen molar-refractivity contribution in [3.8, 4) is 28.7 Å². The number of fused-ring (bicyclic) bond motifs is 1. The SMILES string of the molecule is O=S(=O)([O-])Oc1ccc([C@H]2Oc3cc(OS(=O)(=O)O)cc(OS(=O)(=O)O)c3C[C@@H]2OS(=O)(=O)O)cc1OS(=O)(=O)O.[K+]. The van der Waals surface area contributed by atoms with E-state index in [0.29, 0.717) is 24.3 Å². The van der Waals surface area contributed by atoms with Crippen molar-refractivity contribution in [3.63, 3.8) is 0 Å². The Morgan fingerprint density at radius 1 is 0.690 bits per heavy atom. The minimum absolute atomic E-state index is 0. The van der Waals surface area contributed by atoms with Crippen LogP contribution in [-0.2, 0) is 62.6 Å².